The lowest BCUT2D eigenvalue weighted by molar-refractivity contribution is -0.144. The van der Waals surface area contributed by atoms with Crippen LogP contribution in [0.25, 0.3) is 0 Å². The minimum atomic E-state index is -0.669. The van der Waals surface area contributed by atoms with Crippen LogP contribution in [0.4, 0.5) is 4.39 Å². The highest BCUT2D eigenvalue weighted by Gasteiger charge is 2.30. The first-order valence-electron chi connectivity index (χ1n) is 6.53. The van der Waals surface area contributed by atoms with Crippen LogP contribution in [-0.4, -0.2) is 24.1 Å². The predicted octanol–water partition coefficient (Wildman–Crippen LogP) is 2.39. The number of nitrogens with one attached hydrogen (secondary N) is 1. The summed E-state index contributed by atoms with van der Waals surface area (Å²) in [5, 5.41) is 3.27. The van der Waals surface area contributed by atoms with Crippen LogP contribution in [0, 0.1) is 5.82 Å². The molecule has 0 spiro atoms. The monoisotopic (exact) mass is 268 g/mol. The van der Waals surface area contributed by atoms with E-state index in [1.807, 2.05) is 13.8 Å². The Hall–Kier alpha value is -1.49. The molecule has 1 rings (SSSR count). The zero-order valence-corrected chi connectivity index (χ0v) is 11.7. The highest BCUT2D eigenvalue weighted by molar-refractivity contribution is 5.71. The fourth-order valence-electron chi connectivity index (χ4n) is 1.88. The molecule has 19 heavy (non-hydrogen) atoms. The van der Waals surface area contributed by atoms with Crippen LogP contribution >= 0.6 is 0 Å². The van der Waals surface area contributed by atoms with E-state index in [1.165, 1.54) is 6.07 Å². The number of nitrogens with zero attached hydrogens (tertiary/aromatic N) is 1. The molecule has 0 amide bonds. The summed E-state index contributed by atoms with van der Waals surface area (Å²) in [6.07, 6.45) is 3.78. The zero-order chi connectivity index (χ0) is 14.3. The topological polar surface area (TPSA) is 51.2 Å². The fraction of sp³-hybridized carbons (Fsp3) is 0.571. The average Bonchev–Trinajstić information content (AvgIpc) is 2.36. The lowest BCUT2D eigenvalue weighted by Crippen LogP contribution is -2.42. The average molecular weight is 268 g/mol. The Kier molecular flexibility index (Phi) is 5.89. The maximum Gasteiger partial charge on any atom is 0.307 e. The van der Waals surface area contributed by atoms with E-state index in [0.717, 1.165) is 19.2 Å². The molecule has 5 heteroatoms. The van der Waals surface area contributed by atoms with Crippen LogP contribution < -0.4 is 5.32 Å². The molecule has 1 atom stereocenters. The molecule has 1 aromatic heterocycles. The quantitative estimate of drug-likeness (QED) is 0.771. The van der Waals surface area contributed by atoms with Gasteiger partial charge in [0.05, 0.1) is 24.8 Å². The van der Waals surface area contributed by atoms with Gasteiger partial charge in [0.25, 0.3) is 0 Å². The molecule has 1 N–H and O–H groups in total. The molecule has 0 saturated carbocycles. The summed E-state index contributed by atoms with van der Waals surface area (Å²) in [5.74, 6) is -0.719. The molecule has 0 aliphatic rings. The van der Waals surface area contributed by atoms with Crippen LogP contribution in [0.15, 0.2) is 18.5 Å². The number of carbonyl (C=O) groups excluding carboxylic acids is 1. The first-order chi connectivity index (χ1) is 9.01. The predicted molar refractivity (Wildman–Crippen MR) is 71.1 cm³/mol. The lowest BCUT2D eigenvalue weighted by atomic mass is 9.89. The summed E-state index contributed by atoms with van der Waals surface area (Å²) in [5.41, 5.74) is -0.0221. The van der Waals surface area contributed by atoms with E-state index in [4.69, 9.17) is 4.74 Å². The van der Waals surface area contributed by atoms with Crippen molar-refractivity contribution in [3.63, 3.8) is 0 Å². The van der Waals surface area contributed by atoms with E-state index in [9.17, 15) is 9.18 Å². The number of hydrogen-bond donors (Lipinski definition) is 1. The van der Waals surface area contributed by atoms with Crippen molar-refractivity contribution in [3.8, 4) is 0 Å². The van der Waals surface area contributed by atoms with Crippen molar-refractivity contribution < 1.29 is 13.9 Å². The summed E-state index contributed by atoms with van der Waals surface area (Å²) >= 11 is 0. The Morgan fingerprint density at radius 2 is 2.21 bits per heavy atom. The highest BCUT2D eigenvalue weighted by Crippen LogP contribution is 2.25. The van der Waals surface area contributed by atoms with E-state index < -0.39 is 11.4 Å². The van der Waals surface area contributed by atoms with Crippen LogP contribution in [0.1, 0.15) is 39.2 Å². The number of esters is 1. The van der Waals surface area contributed by atoms with E-state index in [2.05, 4.69) is 10.3 Å². The Bertz CT molecular complexity index is 426. The van der Waals surface area contributed by atoms with Crippen molar-refractivity contribution in [1.29, 1.82) is 0 Å². The van der Waals surface area contributed by atoms with Crippen LogP contribution in [0.2, 0.25) is 0 Å². The molecule has 0 bridgehead atoms. The number of pyridine rings is 1. The summed E-state index contributed by atoms with van der Waals surface area (Å²) in [6.45, 7) is 6.71. The third kappa shape index (κ3) is 4.59. The van der Waals surface area contributed by atoms with Crippen molar-refractivity contribution in [2.24, 2.45) is 0 Å². The molecule has 1 unspecified atom stereocenters. The van der Waals surface area contributed by atoms with E-state index in [0.29, 0.717) is 12.2 Å². The number of aromatic nitrogens is 1. The van der Waals surface area contributed by atoms with Gasteiger partial charge in [0.1, 0.15) is 5.82 Å². The van der Waals surface area contributed by atoms with Gasteiger partial charge >= 0.3 is 5.97 Å². The van der Waals surface area contributed by atoms with Crippen molar-refractivity contribution in [3.05, 3.63) is 29.8 Å². The van der Waals surface area contributed by atoms with E-state index in [-0.39, 0.29) is 12.4 Å². The van der Waals surface area contributed by atoms with Gasteiger partial charge < -0.3 is 10.1 Å². The Morgan fingerprint density at radius 1 is 1.47 bits per heavy atom. The molecule has 1 aromatic rings. The number of rotatable bonds is 7. The van der Waals surface area contributed by atoms with Gasteiger partial charge in [0.2, 0.25) is 0 Å². The highest BCUT2D eigenvalue weighted by atomic mass is 19.1. The van der Waals surface area contributed by atoms with E-state index >= 15 is 0 Å². The van der Waals surface area contributed by atoms with Crippen LogP contribution in [0.5, 0.6) is 0 Å². The van der Waals surface area contributed by atoms with Gasteiger partial charge in [-0.3, -0.25) is 9.78 Å². The second-order valence-electron chi connectivity index (χ2n) is 4.63. The minimum Gasteiger partial charge on any atom is -0.466 e. The number of hydrogen-bond acceptors (Lipinski definition) is 4. The molecule has 106 valence electrons. The maximum absolute atomic E-state index is 13.3. The Labute approximate surface area is 113 Å². The van der Waals surface area contributed by atoms with Gasteiger partial charge in [-0.05, 0) is 38.4 Å². The molecule has 0 aliphatic heterocycles. The third-order valence-corrected chi connectivity index (χ3v) is 2.91. The van der Waals surface area contributed by atoms with Crippen LogP contribution in [0.3, 0.4) is 0 Å². The second kappa shape index (κ2) is 7.19. The molecular weight excluding hydrogens is 247 g/mol. The van der Waals surface area contributed by atoms with Gasteiger partial charge in [-0.1, -0.05) is 6.92 Å². The van der Waals surface area contributed by atoms with Crippen molar-refractivity contribution >= 4 is 5.97 Å². The van der Waals surface area contributed by atoms with Crippen molar-refractivity contribution in [1.82, 2.24) is 10.3 Å². The normalized spacial score (nSPS) is 13.9. The minimum absolute atomic E-state index is 0.145. The molecule has 0 fully saturated rings. The van der Waals surface area contributed by atoms with Gasteiger partial charge in [-0.25, -0.2) is 4.39 Å². The molecule has 0 radical (unpaired) electrons. The smallest absolute Gasteiger partial charge is 0.307 e. The third-order valence-electron chi connectivity index (χ3n) is 2.91. The zero-order valence-electron chi connectivity index (χ0n) is 11.7. The molecule has 0 aromatic carbocycles. The first kappa shape index (κ1) is 15.6. The molecule has 0 saturated heterocycles. The summed E-state index contributed by atoms with van der Waals surface area (Å²) in [4.78, 5) is 15.5. The molecule has 0 aliphatic carbocycles. The number of ether oxygens (including phenoxy) is 1. The summed E-state index contributed by atoms with van der Waals surface area (Å²) in [6, 6.07) is 1.40. The standard InChI is InChI=1S/C14H21FN2O2/c1-4-6-17-14(3,8-13(18)19-5-2)11-7-12(15)10-16-9-11/h7,9-10,17H,4-6,8H2,1-3H3. The molecule has 1 heterocycles. The number of halogens is 1. The van der Waals surface area contributed by atoms with Crippen LogP contribution in [-0.2, 0) is 15.1 Å². The van der Waals surface area contributed by atoms with Crippen molar-refractivity contribution in [2.75, 3.05) is 13.2 Å². The molecule has 4 nitrogen and oxygen atoms in total. The fourth-order valence-corrected chi connectivity index (χ4v) is 1.88. The summed E-state index contributed by atoms with van der Waals surface area (Å²) in [7, 11) is 0. The number of carbonyl (C=O) groups is 1. The van der Waals surface area contributed by atoms with E-state index in [1.54, 1.807) is 13.1 Å². The first-order valence-corrected chi connectivity index (χ1v) is 6.53. The largest absolute Gasteiger partial charge is 0.466 e. The lowest BCUT2D eigenvalue weighted by Gasteiger charge is -2.30. The maximum atomic E-state index is 13.3. The van der Waals surface area contributed by atoms with Crippen molar-refractivity contribution in [2.45, 2.75) is 39.2 Å². The molecular formula is C14H21FN2O2. The Balaban J connectivity index is 2.94. The van der Waals surface area contributed by atoms with Gasteiger partial charge in [-0.2, -0.15) is 0 Å². The SMILES string of the molecule is CCCNC(C)(CC(=O)OCC)c1cncc(F)c1. The van der Waals surface area contributed by atoms with Gasteiger partial charge in [-0.15, -0.1) is 0 Å². The second-order valence-corrected chi connectivity index (χ2v) is 4.63. The Morgan fingerprint density at radius 3 is 2.79 bits per heavy atom. The summed E-state index contributed by atoms with van der Waals surface area (Å²) < 4.78 is 18.3. The van der Waals surface area contributed by atoms with Gasteiger partial charge in [0.15, 0.2) is 0 Å². The van der Waals surface area contributed by atoms with Gasteiger partial charge in [0, 0.05) is 6.20 Å².